The second-order valence-electron chi connectivity index (χ2n) is 5.96. The average molecular weight is 323 g/mol. The Bertz CT molecular complexity index is 709. The molecule has 6 nitrogen and oxygen atoms in total. The molecule has 0 bridgehead atoms. The fourth-order valence-corrected chi connectivity index (χ4v) is 4.26. The zero-order valence-electron chi connectivity index (χ0n) is 13.3. The van der Waals surface area contributed by atoms with E-state index in [0.717, 1.165) is 6.42 Å². The van der Waals surface area contributed by atoms with E-state index in [2.05, 4.69) is 11.8 Å². The number of ether oxygens (including phenoxy) is 1. The van der Waals surface area contributed by atoms with Crippen LogP contribution in [-0.4, -0.2) is 57.5 Å². The fraction of sp³-hybridized carbons (Fsp3) is 0.533. The molecular weight excluding hydrogens is 302 g/mol. The van der Waals surface area contributed by atoms with Crippen molar-refractivity contribution in [1.82, 2.24) is 9.21 Å². The largest absolute Gasteiger partial charge is 0.495 e. The summed E-state index contributed by atoms with van der Waals surface area (Å²) < 4.78 is 32.4. The Morgan fingerprint density at radius 2 is 2.09 bits per heavy atom. The molecule has 0 aliphatic carbocycles. The maximum absolute atomic E-state index is 12.9. The number of benzene rings is 1. The summed E-state index contributed by atoms with van der Waals surface area (Å²) in [6, 6.07) is 6.37. The number of nitrogens with zero attached hydrogens (tertiary/aromatic N) is 3. The standard InChI is InChI=1S/C15H21N3O3S/c1-15(17(2)3)7-8-18(11-15)22(19,20)14-6-5-12(10-16)9-13(14)21-4/h5-6,9H,7-8,11H2,1-4H3. The van der Waals surface area contributed by atoms with Gasteiger partial charge in [0.15, 0.2) is 0 Å². The van der Waals surface area contributed by atoms with Gasteiger partial charge in [0.05, 0.1) is 18.7 Å². The Labute approximate surface area is 131 Å². The van der Waals surface area contributed by atoms with Crippen LogP contribution in [0.15, 0.2) is 23.1 Å². The minimum absolute atomic E-state index is 0.108. The lowest BCUT2D eigenvalue weighted by Gasteiger charge is -2.32. The third-order valence-electron chi connectivity index (χ3n) is 4.41. The molecule has 0 radical (unpaired) electrons. The van der Waals surface area contributed by atoms with E-state index in [4.69, 9.17) is 10.00 Å². The van der Waals surface area contributed by atoms with E-state index in [-0.39, 0.29) is 16.2 Å². The van der Waals surface area contributed by atoms with Crippen LogP contribution in [0, 0.1) is 11.3 Å². The predicted octanol–water partition coefficient (Wildman–Crippen LogP) is 1.28. The van der Waals surface area contributed by atoms with Gasteiger partial charge in [-0.25, -0.2) is 8.42 Å². The van der Waals surface area contributed by atoms with Crippen molar-refractivity contribution in [2.45, 2.75) is 23.8 Å². The first kappa shape index (κ1) is 16.7. The molecule has 0 saturated carbocycles. The summed E-state index contributed by atoms with van der Waals surface area (Å²) in [6.07, 6.45) is 0.776. The molecule has 1 saturated heterocycles. The van der Waals surface area contributed by atoms with Crippen LogP contribution in [0.5, 0.6) is 5.75 Å². The van der Waals surface area contributed by atoms with Crippen molar-refractivity contribution in [2.24, 2.45) is 0 Å². The zero-order valence-corrected chi connectivity index (χ0v) is 14.1. The van der Waals surface area contributed by atoms with Gasteiger partial charge in [0.25, 0.3) is 0 Å². The number of rotatable bonds is 4. The summed E-state index contributed by atoms with van der Waals surface area (Å²) in [6.45, 7) is 2.96. The monoisotopic (exact) mass is 323 g/mol. The van der Waals surface area contributed by atoms with Crippen LogP contribution in [0.1, 0.15) is 18.9 Å². The highest BCUT2D eigenvalue weighted by Crippen LogP contribution is 2.33. The van der Waals surface area contributed by atoms with E-state index in [9.17, 15) is 8.42 Å². The summed E-state index contributed by atoms with van der Waals surface area (Å²) in [7, 11) is 1.68. The molecule has 22 heavy (non-hydrogen) atoms. The molecule has 7 heteroatoms. The van der Waals surface area contributed by atoms with Gasteiger partial charge in [-0.05, 0) is 45.6 Å². The van der Waals surface area contributed by atoms with Crippen molar-refractivity contribution < 1.29 is 13.2 Å². The maximum atomic E-state index is 12.9. The van der Waals surface area contributed by atoms with Gasteiger partial charge in [-0.15, -0.1) is 0 Å². The Morgan fingerprint density at radius 1 is 1.41 bits per heavy atom. The normalized spacial score (nSPS) is 22.7. The molecule has 1 aromatic carbocycles. The lowest BCUT2D eigenvalue weighted by Crippen LogP contribution is -2.44. The zero-order chi connectivity index (χ0) is 16.5. The highest BCUT2D eigenvalue weighted by Gasteiger charge is 2.42. The first-order chi connectivity index (χ1) is 10.2. The molecule has 1 atom stereocenters. The van der Waals surface area contributed by atoms with Gasteiger partial charge in [0, 0.05) is 18.6 Å². The van der Waals surface area contributed by atoms with Crippen LogP contribution in [0.3, 0.4) is 0 Å². The summed E-state index contributed by atoms with van der Waals surface area (Å²) in [5.74, 6) is 0.206. The van der Waals surface area contributed by atoms with Crippen molar-refractivity contribution in [2.75, 3.05) is 34.3 Å². The lowest BCUT2D eigenvalue weighted by molar-refractivity contribution is 0.188. The molecule has 0 aromatic heterocycles. The molecule has 1 heterocycles. The number of hydrogen-bond acceptors (Lipinski definition) is 5. The predicted molar refractivity (Wildman–Crippen MR) is 83.2 cm³/mol. The SMILES string of the molecule is COc1cc(C#N)ccc1S(=O)(=O)N1CCC(C)(N(C)C)C1. The molecule has 1 aliphatic rings. The molecule has 120 valence electrons. The topological polar surface area (TPSA) is 73.6 Å². The third kappa shape index (κ3) is 2.82. The van der Waals surface area contributed by atoms with E-state index >= 15 is 0 Å². The average Bonchev–Trinajstić information content (AvgIpc) is 2.91. The molecule has 0 amide bonds. The quantitative estimate of drug-likeness (QED) is 0.834. The molecule has 1 aromatic rings. The summed E-state index contributed by atoms with van der Waals surface area (Å²) >= 11 is 0. The second-order valence-corrected chi connectivity index (χ2v) is 7.86. The fourth-order valence-electron chi connectivity index (χ4n) is 2.56. The van der Waals surface area contributed by atoms with E-state index in [1.807, 2.05) is 20.2 Å². The van der Waals surface area contributed by atoms with Crippen molar-refractivity contribution in [3.8, 4) is 11.8 Å². The molecule has 1 aliphatic heterocycles. The minimum atomic E-state index is -3.64. The number of nitriles is 1. The third-order valence-corrected chi connectivity index (χ3v) is 6.29. The number of methoxy groups -OCH3 is 1. The Morgan fingerprint density at radius 3 is 2.59 bits per heavy atom. The van der Waals surface area contributed by atoms with E-state index in [1.165, 1.54) is 29.6 Å². The Kier molecular flexibility index (Phi) is 4.47. The highest BCUT2D eigenvalue weighted by atomic mass is 32.2. The van der Waals surface area contributed by atoms with E-state index < -0.39 is 10.0 Å². The van der Waals surface area contributed by atoms with Crippen LogP contribution >= 0.6 is 0 Å². The first-order valence-electron chi connectivity index (χ1n) is 7.00. The number of likely N-dealkylation sites (N-methyl/N-ethyl adjacent to an activating group) is 1. The number of hydrogen-bond donors (Lipinski definition) is 0. The second kappa shape index (κ2) is 5.88. The van der Waals surface area contributed by atoms with Crippen LogP contribution in [0.4, 0.5) is 0 Å². The van der Waals surface area contributed by atoms with Crippen molar-refractivity contribution >= 4 is 10.0 Å². The van der Waals surface area contributed by atoms with Crippen molar-refractivity contribution in [1.29, 1.82) is 5.26 Å². The van der Waals surface area contributed by atoms with Crippen molar-refractivity contribution in [3.05, 3.63) is 23.8 Å². The van der Waals surface area contributed by atoms with Gasteiger partial charge in [0.1, 0.15) is 10.6 Å². The molecule has 1 fully saturated rings. The summed E-state index contributed by atoms with van der Waals surface area (Å²) in [5, 5.41) is 8.92. The first-order valence-corrected chi connectivity index (χ1v) is 8.44. The van der Waals surface area contributed by atoms with Crippen molar-refractivity contribution in [3.63, 3.8) is 0 Å². The Hall–Kier alpha value is -1.62. The molecular formula is C15H21N3O3S. The molecule has 1 unspecified atom stereocenters. The maximum Gasteiger partial charge on any atom is 0.246 e. The molecule has 0 N–H and O–H groups in total. The summed E-state index contributed by atoms with van der Waals surface area (Å²) in [5.41, 5.74) is 0.197. The van der Waals surface area contributed by atoms with Gasteiger partial charge in [0.2, 0.25) is 10.0 Å². The van der Waals surface area contributed by atoms with Gasteiger partial charge < -0.3 is 9.64 Å². The van der Waals surface area contributed by atoms with E-state index in [1.54, 1.807) is 0 Å². The smallest absolute Gasteiger partial charge is 0.246 e. The summed E-state index contributed by atoms with van der Waals surface area (Å²) in [4.78, 5) is 2.16. The lowest BCUT2D eigenvalue weighted by atomic mass is 10.0. The van der Waals surface area contributed by atoms with Gasteiger partial charge in [-0.2, -0.15) is 9.57 Å². The van der Waals surface area contributed by atoms with Crippen LogP contribution in [-0.2, 0) is 10.0 Å². The highest BCUT2D eigenvalue weighted by molar-refractivity contribution is 7.89. The van der Waals surface area contributed by atoms with Crippen LogP contribution < -0.4 is 4.74 Å². The van der Waals surface area contributed by atoms with Crippen LogP contribution in [0.25, 0.3) is 0 Å². The Balaban J connectivity index is 2.39. The van der Waals surface area contributed by atoms with Gasteiger partial charge >= 0.3 is 0 Å². The molecule has 2 rings (SSSR count). The van der Waals surface area contributed by atoms with Gasteiger partial charge in [-0.1, -0.05) is 0 Å². The van der Waals surface area contributed by atoms with Crippen LogP contribution in [0.2, 0.25) is 0 Å². The van der Waals surface area contributed by atoms with E-state index in [0.29, 0.717) is 18.7 Å². The molecule has 0 spiro atoms. The van der Waals surface area contributed by atoms with Gasteiger partial charge in [-0.3, -0.25) is 0 Å². The minimum Gasteiger partial charge on any atom is -0.495 e. The number of sulfonamides is 1.